The van der Waals surface area contributed by atoms with Gasteiger partial charge in [0.25, 0.3) is 0 Å². The second-order valence-electron chi connectivity index (χ2n) is 4.05. The Morgan fingerprint density at radius 3 is 2.47 bits per heavy atom. The molecular weight excluding hydrogens is 251 g/mol. The number of epoxide rings is 1. The Hall–Kier alpha value is -0.0600. The van der Waals surface area contributed by atoms with Gasteiger partial charge >= 0.3 is 29.6 Å². The van der Waals surface area contributed by atoms with Gasteiger partial charge in [0.05, 0.1) is 12.6 Å². The van der Waals surface area contributed by atoms with Crippen molar-refractivity contribution in [3.63, 3.8) is 0 Å². The van der Waals surface area contributed by atoms with E-state index in [1.54, 1.807) is 0 Å². The largest absolute Gasteiger partial charge is 1.00 e. The minimum Gasteiger partial charge on any atom is -0.547 e. The SMILES string of the molecule is O=C([O-])C1(CCCc2ccc(Cl)cc2)CO1.[Na+]. The third-order valence-electron chi connectivity index (χ3n) is 2.82. The number of benzene rings is 1. The van der Waals surface area contributed by atoms with E-state index < -0.39 is 11.6 Å². The van der Waals surface area contributed by atoms with E-state index in [1.807, 2.05) is 24.3 Å². The molecule has 0 bridgehead atoms. The first-order valence-electron chi connectivity index (χ1n) is 5.22. The fourth-order valence-corrected chi connectivity index (χ4v) is 1.81. The van der Waals surface area contributed by atoms with Crippen LogP contribution in [0.1, 0.15) is 18.4 Å². The summed E-state index contributed by atoms with van der Waals surface area (Å²) in [7, 11) is 0. The molecule has 1 aliphatic rings. The number of ether oxygens (including phenoxy) is 1. The van der Waals surface area contributed by atoms with Crippen molar-refractivity contribution < 1.29 is 44.2 Å². The number of aryl methyl sites for hydroxylation is 1. The maximum atomic E-state index is 10.7. The van der Waals surface area contributed by atoms with Crippen molar-refractivity contribution in [3.05, 3.63) is 34.9 Å². The predicted octanol–water partition coefficient (Wildman–Crippen LogP) is -1.81. The van der Waals surface area contributed by atoms with Gasteiger partial charge in [-0.2, -0.15) is 0 Å². The molecule has 1 aromatic carbocycles. The van der Waals surface area contributed by atoms with Crippen LogP contribution in [0.3, 0.4) is 0 Å². The van der Waals surface area contributed by atoms with Gasteiger partial charge < -0.3 is 14.6 Å². The molecule has 0 amide bonds. The number of carbonyl (C=O) groups is 1. The van der Waals surface area contributed by atoms with Gasteiger partial charge in [-0.15, -0.1) is 0 Å². The number of halogens is 1. The Morgan fingerprint density at radius 1 is 1.41 bits per heavy atom. The molecule has 1 atom stereocenters. The van der Waals surface area contributed by atoms with Gasteiger partial charge in [-0.3, -0.25) is 0 Å². The van der Waals surface area contributed by atoms with Crippen LogP contribution in [-0.4, -0.2) is 18.2 Å². The first-order chi connectivity index (χ1) is 7.62. The molecule has 0 saturated carbocycles. The molecule has 2 rings (SSSR count). The van der Waals surface area contributed by atoms with E-state index in [-0.39, 0.29) is 36.2 Å². The minimum atomic E-state index is -1.09. The van der Waals surface area contributed by atoms with Crippen LogP contribution in [0.4, 0.5) is 0 Å². The summed E-state index contributed by atoms with van der Waals surface area (Å²) in [4.78, 5) is 10.7. The van der Waals surface area contributed by atoms with Crippen molar-refractivity contribution >= 4 is 17.6 Å². The summed E-state index contributed by atoms with van der Waals surface area (Å²) < 4.78 is 4.93. The van der Waals surface area contributed by atoms with E-state index in [0.29, 0.717) is 11.4 Å². The molecule has 1 heterocycles. The summed E-state index contributed by atoms with van der Waals surface area (Å²) in [6, 6.07) is 7.56. The average molecular weight is 263 g/mol. The maximum Gasteiger partial charge on any atom is 1.00 e. The maximum absolute atomic E-state index is 10.7. The van der Waals surface area contributed by atoms with Gasteiger partial charge in [0.1, 0.15) is 5.60 Å². The van der Waals surface area contributed by atoms with E-state index in [9.17, 15) is 9.90 Å². The Kier molecular flexibility index (Phi) is 5.48. The van der Waals surface area contributed by atoms with Crippen LogP contribution in [0.2, 0.25) is 5.02 Å². The second kappa shape index (κ2) is 6.21. The Balaban J connectivity index is 0.00000144. The van der Waals surface area contributed by atoms with E-state index in [1.165, 1.54) is 0 Å². The fourth-order valence-electron chi connectivity index (χ4n) is 1.68. The van der Waals surface area contributed by atoms with Crippen LogP contribution in [0.5, 0.6) is 0 Å². The summed E-state index contributed by atoms with van der Waals surface area (Å²) >= 11 is 5.76. The summed E-state index contributed by atoms with van der Waals surface area (Å²) in [5, 5.41) is 11.4. The normalized spacial score (nSPS) is 21.7. The molecule has 86 valence electrons. The first kappa shape index (κ1) is 15.0. The van der Waals surface area contributed by atoms with Gasteiger partial charge in [-0.1, -0.05) is 23.7 Å². The Labute approximate surface area is 127 Å². The van der Waals surface area contributed by atoms with Crippen LogP contribution in [0.15, 0.2) is 24.3 Å². The van der Waals surface area contributed by atoms with Gasteiger partial charge in [0.2, 0.25) is 0 Å². The van der Waals surface area contributed by atoms with Crippen molar-refractivity contribution in [2.24, 2.45) is 0 Å². The molecule has 0 radical (unpaired) electrons. The predicted molar refractivity (Wildman–Crippen MR) is 58.1 cm³/mol. The average Bonchev–Trinajstić information content (AvgIpc) is 3.02. The molecule has 1 aromatic rings. The van der Waals surface area contributed by atoms with Crippen LogP contribution in [-0.2, 0) is 16.0 Å². The van der Waals surface area contributed by atoms with Crippen molar-refractivity contribution in [1.82, 2.24) is 0 Å². The number of hydrogen-bond donors (Lipinski definition) is 0. The monoisotopic (exact) mass is 262 g/mol. The Bertz CT molecular complexity index is 387. The molecule has 1 unspecified atom stereocenters. The van der Waals surface area contributed by atoms with Gasteiger partial charge in [0, 0.05) is 5.02 Å². The number of carbonyl (C=O) groups excluding carboxylic acids is 1. The van der Waals surface area contributed by atoms with Crippen molar-refractivity contribution in [1.29, 1.82) is 0 Å². The van der Waals surface area contributed by atoms with Crippen molar-refractivity contribution in [2.75, 3.05) is 6.61 Å². The molecular formula is C12H12ClNaO3. The number of carboxylic acids is 1. The molecule has 5 heteroatoms. The summed E-state index contributed by atoms with van der Waals surface area (Å²) in [5.74, 6) is -1.09. The summed E-state index contributed by atoms with van der Waals surface area (Å²) in [6.07, 6.45) is 2.11. The molecule has 0 spiro atoms. The van der Waals surface area contributed by atoms with Gasteiger partial charge in [-0.05, 0) is 37.0 Å². The zero-order valence-corrected chi connectivity index (χ0v) is 12.5. The van der Waals surface area contributed by atoms with Crippen molar-refractivity contribution in [2.45, 2.75) is 24.9 Å². The Morgan fingerprint density at radius 2 is 2.00 bits per heavy atom. The van der Waals surface area contributed by atoms with Crippen LogP contribution < -0.4 is 34.7 Å². The molecule has 1 fully saturated rings. The third-order valence-corrected chi connectivity index (χ3v) is 3.08. The first-order valence-corrected chi connectivity index (χ1v) is 5.60. The van der Waals surface area contributed by atoms with E-state index in [4.69, 9.17) is 16.3 Å². The number of hydrogen-bond acceptors (Lipinski definition) is 3. The molecule has 1 aliphatic heterocycles. The smallest absolute Gasteiger partial charge is 0.547 e. The zero-order valence-electron chi connectivity index (χ0n) is 9.74. The zero-order chi connectivity index (χ0) is 11.6. The number of aliphatic carboxylic acids is 1. The van der Waals surface area contributed by atoms with Crippen LogP contribution >= 0.6 is 11.6 Å². The third kappa shape index (κ3) is 3.97. The van der Waals surface area contributed by atoms with Crippen molar-refractivity contribution in [3.8, 4) is 0 Å². The molecule has 3 nitrogen and oxygen atoms in total. The molecule has 17 heavy (non-hydrogen) atoms. The summed E-state index contributed by atoms with van der Waals surface area (Å²) in [5.41, 5.74) is 0.158. The fraction of sp³-hybridized carbons (Fsp3) is 0.417. The minimum absolute atomic E-state index is 0. The molecule has 0 aromatic heterocycles. The van der Waals surface area contributed by atoms with E-state index in [2.05, 4.69) is 0 Å². The molecule has 0 aliphatic carbocycles. The van der Waals surface area contributed by atoms with E-state index in [0.717, 1.165) is 18.4 Å². The number of rotatable bonds is 5. The summed E-state index contributed by atoms with van der Waals surface area (Å²) in [6.45, 7) is 0.288. The molecule has 1 saturated heterocycles. The quantitative estimate of drug-likeness (QED) is 0.464. The van der Waals surface area contributed by atoms with Gasteiger partial charge in [0.15, 0.2) is 0 Å². The van der Waals surface area contributed by atoms with Crippen LogP contribution in [0, 0.1) is 0 Å². The topological polar surface area (TPSA) is 52.7 Å². The van der Waals surface area contributed by atoms with Gasteiger partial charge in [-0.25, -0.2) is 0 Å². The standard InChI is InChI=1S/C12H13ClO3.Na/c13-10-5-3-9(4-6-10)2-1-7-12(8-16-12)11(14)15;/h3-6H,1-2,7-8H2,(H,14,15);/q;+1/p-1. The van der Waals surface area contributed by atoms with E-state index >= 15 is 0 Å². The number of carboxylic acid groups (broad SMARTS) is 1. The second-order valence-corrected chi connectivity index (χ2v) is 4.49. The van der Waals surface area contributed by atoms with Crippen LogP contribution in [0.25, 0.3) is 0 Å². The molecule has 0 N–H and O–H groups in total.